The van der Waals surface area contributed by atoms with Crippen LogP contribution in [-0.4, -0.2) is 40.0 Å². The third kappa shape index (κ3) is 11.6. The molecule has 0 saturated heterocycles. The van der Waals surface area contributed by atoms with Gasteiger partial charge in [0, 0.05) is 28.9 Å². The Morgan fingerprint density at radius 1 is 0.733 bits per heavy atom. The molecular formula is C19H25N5O6. The zero-order valence-corrected chi connectivity index (χ0v) is 16.0. The molecule has 0 aliphatic rings. The van der Waals surface area contributed by atoms with Crippen molar-refractivity contribution >= 4 is 35.1 Å². The summed E-state index contributed by atoms with van der Waals surface area (Å²) in [4.78, 5) is 40.9. The van der Waals surface area contributed by atoms with E-state index in [9.17, 15) is 19.2 Å². The molecule has 0 aliphatic heterocycles. The van der Waals surface area contributed by atoms with E-state index in [1.165, 1.54) is 0 Å². The summed E-state index contributed by atoms with van der Waals surface area (Å²) in [7, 11) is 0. The van der Waals surface area contributed by atoms with Gasteiger partial charge in [-0.05, 0) is 55.0 Å². The summed E-state index contributed by atoms with van der Waals surface area (Å²) in [6, 6.07) is 11.9. The summed E-state index contributed by atoms with van der Waals surface area (Å²) in [5.41, 5.74) is 27.9. The number of carboxylic acids is 2. The highest BCUT2D eigenvalue weighted by Gasteiger charge is 2.12. The fraction of sp³-hybridized carbons (Fsp3) is 0.158. The lowest BCUT2D eigenvalue weighted by molar-refractivity contribution is -0.139. The van der Waals surface area contributed by atoms with Gasteiger partial charge in [-0.2, -0.15) is 0 Å². The Bertz CT molecular complexity index is 797. The van der Waals surface area contributed by atoms with Crippen LogP contribution in [0.15, 0.2) is 48.5 Å². The summed E-state index contributed by atoms with van der Waals surface area (Å²) in [6.07, 6.45) is -0.224. The van der Waals surface area contributed by atoms with E-state index >= 15 is 0 Å². The number of benzene rings is 2. The van der Waals surface area contributed by atoms with E-state index < -0.39 is 29.8 Å². The van der Waals surface area contributed by atoms with Gasteiger partial charge in [0.2, 0.25) is 11.8 Å². The first-order valence-corrected chi connectivity index (χ1v) is 8.44. The summed E-state index contributed by atoms with van der Waals surface area (Å²) >= 11 is 0. The van der Waals surface area contributed by atoms with Crippen LogP contribution in [0.25, 0.3) is 0 Å². The predicted octanol–water partition coefficient (Wildman–Crippen LogP) is -0.00150. The summed E-state index contributed by atoms with van der Waals surface area (Å²) in [6.45, 7) is 0. The Morgan fingerprint density at radius 3 is 1.30 bits per heavy atom. The molecule has 2 rings (SSSR count). The molecule has 0 fully saturated rings. The average Bonchev–Trinajstić information content (AvgIpc) is 2.67. The molecule has 0 aliphatic carbocycles. The molecule has 0 saturated carbocycles. The highest BCUT2D eigenvalue weighted by molar-refractivity contribution is 5.93. The van der Waals surface area contributed by atoms with Crippen molar-refractivity contribution in [3.8, 4) is 0 Å². The SMILES string of the molecule is NC(=O)c1ccc(N)cc1.NC(=O)c1ccc(N)cc1.N[C@@H](CCC(=O)O)C(=O)O. The first-order chi connectivity index (χ1) is 13.9. The number of nitrogens with two attached hydrogens (primary N) is 5. The number of carbonyl (C=O) groups is 4. The molecule has 0 aromatic heterocycles. The Morgan fingerprint density at radius 2 is 1.07 bits per heavy atom. The Labute approximate surface area is 172 Å². The number of aliphatic carboxylic acids is 2. The second-order valence-electron chi connectivity index (χ2n) is 5.85. The number of carboxylic acid groups (broad SMARTS) is 2. The van der Waals surface area contributed by atoms with Crippen LogP contribution in [0.5, 0.6) is 0 Å². The van der Waals surface area contributed by atoms with Gasteiger partial charge in [-0.3, -0.25) is 19.2 Å². The highest BCUT2D eigenvalue weighted by Crippen LogP contribution is 2.04. The van der Waals surface area contributed by atoms with Gasteiger partial charge in [0.05, 0.1) is 0 Å². The molecule has 162 valence electrons. The molecule has 2 aromatic carbocycles. The van der Waals surface area contributed by atoms with E-state index in [2.05, 4.69) is 0 Å². The number of amides is 2. The summed E-state index contributed by atoms with van der Waals surface area (Å²) in [5, 5.41) is 16.3. The van der Waals surface area contributed by atoms with Crippen LogP contribution in [0, 0.1) is 0 Å². The fourth-order valence-corrected chi connectivity index (χ4v) is 1.70. The van der Waals surface area contributed by atoms with E-state index in [1.54, 1.807) is 48.5 Å². The normalized spacial score (nSPS) is 10.3. The zero-order valence-electron chi connectivity index (χ0n) is 16.0. The zero-order chi connectivity index (χ0) is 23.3. The van der Waals surface area contributed by atoms with Gasteiger partial charge in [-0.15, -0.1) is 0 Å². The topological polar surface area (TPSA) is 239 Å². The Kier molecular flexibility index (Phi) is 11.3. The minimum atomic E-state index is -1.17. The average molecular weight is 419 g/mol. The van der Waals surface area contributed by atoms with Gasteiger partial charge in [0.25, 0.3) is 0 Å². The molecule has 12 N–H and O–H groups in total. The van der Waals surface area contributed by atoms with Crippen molar-refractivity contribution in [3.05, 3.63) is 59.7 Å². The minimum absolute atomic E-state index is 0.0231. The first-order valence-electron chi connectivity index (χ1n) is 8.44. The van der Waals surface area contributed by atoms with Gasteiger partial charge in [0.1, 0.15) is 6.04 Å². The van der Waals surface area contributed by atoms with Crippen LogP contribution >= 0.6 is 0 Å². The molecule has 2 aromatic rings. The first kappa shape index (κ1) is 25.9. The number of carbonyl (C=O) groups excluding carboxylic acids is 2. The third-order valence-corrected chi connectivity index (χ3v) is 3.38. The summed E-state index contributed by atoms with van der Waals surface area (Å²) in [5.74, 6) is -3.06. The van der Waals surface area contributed by atoms with Crippen molar-refractivity contribution in [2.45, 2.75) is 18.9 Å². The van der Waals surface area contributed by atoms with Crippen molar-refractivity contribution < 1.29 is 29.4 Å². The third-order valence-electron chi connectivity index (χ3n) is 3.38. The quantitative estimate of drug-likeness (QED) is 0.311. The number of primary amides is 2. The van der Waals surface area contributed by atoms with Gasteiger partial charge >= 0.3 is 11.9 Å². The largest absolute Gasteiger partial charge is 0.481 e. The molecule has 30 heavy (non-hydrogen) atoms. The number of nitrogen functional groups attached to an aromatic ring is 2. The van der Waals surface area contributed by atoms with Crippen molar-refractivity contribution in [3.63, 3.8) is 0 Å². The second kappa shape index (κ2) is 13.1. The smallest absolute Gasteiger partial charge is 0.320 e. The van der Waals surface area contributed by atoms with Crippen LogP contribution < -0.4 is 28.7 Å². The number of rotatable bonds is 6. The van der Waals surface area contributed by atoms with E-state index in [4.69, 9.17) is 38.9 Å². The van der Waals surface area contributed by atoms with Crippen LogP contribution in [0.2, 0.25) is 0 Å². The lowest BCUT2D eigenvalue weighted by Gasteiger charge is -2.01. The molecule has 11 nitrogen and oxygen atoms in total. The van der Waals surface area contributed by atoms with Gasteiger partial charge in [-0.1, -0.05) is 0 Å². The van der Waals surface area contributed by atoms with Crippen LogP contribution in [0.1, 0.15) is 33.6 Å². The number of hydrogen-bond acceptors (Lipinski definition) is 7. The van der Waals surface area contributed by atoms with Crippen LogP contribution in [0.4, 0.5) is 11.4 Å². The highest BCUT2D eigenvalue weighted by atomic mass is 16.4. The van der Waals surface area contributed by atoms with Crippen molar-refractivity contribution in [1.29, 1.82) is 0 Å². The van der Waals surface area contributed by atoms with E-state index in [-0.39, 0.29) is 12.8 Å². The van der Waals surface area contributed by atoms with Gasteiger partial charge in [-0.25, -0.2) is 0 Å². The Hall–Kier alpha value is -4.12. The monoisotopic (exact) mass is 419 g/mol. The molecular weight excluding hydrogens is 394 g/mol. The maximum absolute atomic E-state index is 10.5. The molecule has 0 spiro atoms. The molecule has 11 heteroatoms. The molecule has 1 atom stereocenters. The maximum atomic E-state index is 10.5. The summed E-state index contributed by atoms with van der Waals surface area (Å²) < 4.78 is 0. The lowest BCUT2D eigenvalue weighted by atomic mass is 10.2. The van der Waals surface area contributed by atoms with E-state index in [0.29, 0.717) is 22.5 Å². The van der Waals surface area contributed by atoms with Crippen LogP contribution in [-0.2, 0) is 9.59 Å². The van der Waals surface area contributed by atoms with E-state index in [1.807, 2.05) is 0 Å². The maximum Gasteiger partial charge on any atom is 0.320 e. The standard InChI is InChI=1S/2C7H8N2O.C5H9NO4/c2*8-6-3-1-5(2-4-6)7(9)10;6-3(5(9)10)1-2-4(7)8/h2*1-4H,8H2,(H2,9,10);3H,1-2,6H2,(H,7,8)(H,9,10)/t;;3-/m..0/s1. The molecule has 0 heterocycles. The Balaban J connectivity index is 0.000000420. The number of anilines is 2. The van der Waals surface area contributed by atoms with Crippen molar-refractivity contribution in [2.24, 2.45) is 17.2 Å². The fourth-order valence-electron chi connectivity index (χ4n) is 1.70. The molecule has 2 amide bonds. The molecule has 0 bridgehead atoms. The van der Waals surface area contributed by atoms with Crippen molar-refractivity contribution in [2.75, 3.05) is 11.5 Å². The van der Waals surface area contributed by atoms with E-state index in [0.717, 1.165) is 0 Å². The van der Waals surface area contributed by atoms with Crippen LogP contribution in [0.3, 0.4) is 0 Å². The molecule has 0 unspecified atom stereocenters. The second-order valence-corrected chi connectivity index (χ2v) is 5.85. The predicted molar refractivity (Wildman–Crippen MR) is 111 cm³/mol. The number of hydrogen-bond donors (Lipinski definition) is 7. The lowest BCUT2D eigenvalue weighted by Crippen LogP contribution is -2.30. The van der Waals surface area contributed by atoms with Gasteiger partial charge < -0.3 is 38.9 Å². The molecule has 0 radical (unpaired) electrons. The van der Waals surface area contributed by atoms with Gasteiger partial charge in [0.15, 0.2) is 0 Å². The van der Waals surface area contributed by atoms with Crippen molar-refractivity contribution in [1.82, 2.24) is 0 Å². The minimum Gasteiger partial charge on any atom is -0.481 e.